The summed E-state index contributed by atoms with van der Waals surface area (Å²) in [4.78, 5) is 11.8. The largest absolute Gasteiger partial charge is 0.389 e. The molecule has 1 saturated carbocycles. The molecule has 0 heterocycles. The van der Waals surface area contributed by atoms with Crippen molar-refractivity contribution in [2.75, 3.05) is 0 Å². The first-order valence-electron chi connectivity index (χ1n) is 9.13. The van der Waals surface area contributed by atoms with Crippen LogP contribution in [0.3, 0.4) is 0 Å². The second kappa shape index (κ2) is 4.79. The number of ketones is 1. The van der Waals surface area contributed by atoms with Crippen LogP contribution in [0.2, 0.25) is 0 Å². The van der Waals surface area contributed by atoms with Crippen LogP contribution in [0.1, 0.15) is 59.3 Å². The summed E-state index contributed by atoms with van der Waals surface area (Å²) in [7, 11) is 0. The zero-order valence-corrected chi connectivity index (χ0v) is 14.7. The second-order valence-electron chi connectivity index (χ2n) is 9.08. The number of alkyl halides is 1. The fraction of sp³-hybridized carbons (Fsp3) is 0.750. The van der Waals surface area contributed by atoms with Crippen molar-refractivity contribution < 1.29 is 19.4 Å². The minimum absolute atomic E-state index is 0.00213. The number of hydrogen-bond acceptors (Lipinski definition) is 3. The van der Waals surface area contributed by atoms with Gasteiger partial charge in [0.15, 0.2) is 11.5 Å². The lowest BCUT2D eigenvalue weighted by Gasteiger charge is -2.59. The number of carbonyl (C=O) groups is 1. The maximum Gasteiger partial charge on any atom is 0.155 e. The molecule has 0 aromatic heterocycles. The van der Waals surface area contributed by atoms with Crippen LogP contribution in [-0.2, 0) is 4.79 Å². The molecule has 4 heteroatoms. The smallest absolute Gasteiger partial charge is 0.155 e. The maximum absolute atomic E-state index is 16.6. The number of carbonyl (C=O) groups excluding carboxylic acids is 1. The van der Waals surface area contributed by atoms with Crippen molar-refractivity contribution in [2.24, 2.45) is 16.7 Å². The molecule has 0 aliphatic heterocycles. The van der Waals surface area contributed by atoms with Crippen LogP contribution in [0.15, 0.2) is 22.8 Å². The Morgan fingerprint density at radius 2 is 1.88 bits per heavy atom. The van der Waals surface area contributed by atoms with E-state index < -0.39 is 29.2 Å². The van der Waals surface area contributed by atoms with E-state index >= 15 is 4.39 Å². The van der Waals surface area contributed by atoms with E-state index in [4.69, 9.17) is 0 Å². The lowest BCUT2D eigenvalue weighted by molar-refractivity contribution is -0.154. The predicted molar refractivity (Wildman–Crippen MR) is 89.0 cm³/mol. The SMILES string of the molecule is CC1(C)CCC2=C1CC(O)[C@@]1(F)C2CC(O)C2=CC(=O)CCC21C. The summed E-state index contributed by atoms with van der Waals surface area (Å²) < 4.78 is 16.6. The second-order valence-corrected chi connectivity index (χ2v) is 9.08. The Bertz CT molecular complexity index is 676. The quantitative estimate of drug-likeness (QED) is 0.669. The molecule has 0 radical (unpaired) electrons. The number of allylic oxidation sites excluding steroid dienone is 2. The van der Waals surface area contributed by atoms with Gasteiger partial charge in [-0.25, -0.2) is 4.39 Å². The molecule has 3 nitrogen and oxygen atoms in total. The molecule has 4 aliphatic rings. The number of hydrogen-bond donors (Lipinski definition) is 2. The van der Waals surface area contributed by atoms with Gasteiger partial charge >= 0.3 is 0 Å². The molecule has 0 aromatic rings. The molecular weight excluding hydrogens is 307 g/mol. The number of fused-ring (bicyclic) bond motifs is 4. The van der Waals surface area contributed by atoms with Crippen LogP contribution in [-0.4, -0.2) is 33.9 Å². The highest BCUT2D eigenvalue weighted by Crippen LogP contribution is 2.65. The van der Waals surface area contributed by atoms with Gasteiger partial charge in [0.2, 0.25) is 0 Å². The summed E-state index contributed by atoms with van der Waals surface area (Å²) in [5.41, 5.74) is 0.0685. The summed E-state index contributed by atoms with van der Waals surface area (Å²) in [6.07, 6.45) is 2.71. The van der Waals surface area contributed by atoms with Crippen LogP contribution >= 0.6 is 0 Å². The Kier molecular flexibility index (Phi) is 3.29. The van der Waals surface area contributed by atoms with Gasteiger partial charge in [0.05, 0.1) is 12.2 Å². The Balaban J connectivity index is 1.89. The molecule has 132 valence electrons. The third kappa shape index (κ3) is 1.82. The Hall–Kier alpha value is -1.00. The number of aliphatic hydroxyl groups is 2. The van der Waals surface area contributed by atoms with Gasteiger partial charge in [-0.1, -0.05) is 31.9 Å². The van der Waals surface area contributed by atoms with Crippen molar-refractivity contribution >= 4 is 5.78 Å². The predicted octanol–water partition coefficient (Wildman–Crippen LogP) is 3.25. The lowest BCUT2D eigenvalue weighted by Crippen LogP contribution is -2.65. The van der Waals surface area contributed by atoms with Crippen molar-refractivity contribution in [3.8, 4) is 0 Å². The van der Waals surface area contributed by atoms with Crippen molar-refractivity contribution in [1.29, 1.82) is 0 Å². The van der Waals surface area contributed by atoms with Crippen LogP contribution < -0.4 is 0 Å². The zero-order chi connectivity index (χ0) is 17.5. The van der Waals surface area contributed by atoms with E-state index in [1.807, 2.05) is 0 Å². The summed E-state index contributed by atoms with van der Waals surface area (Å²) in [5.74, 6) is -0.487. The fourth-order valence-electron chi connectivity index (χ4n) is 6.02. The first-order chi connectivity index (χ1) is 11.1. The molecule has 4 unspecified atom stereocenters. The van der Waals surface area contributed by atoms with Crippen LogP contribution in [0.5, 0.6) is 0 Å². The first-order valence-corrected chi connectivity index (χ1v) is 9.13. The van der Waals surface area contributed by atoms with E-state index in [1.54, 1.807) is 6.92 Å². The van der Waals surface area contributed by atoms with Crippen LogP contribution in [0.4, 0.5) is 4.39 Å². The Labute approximate surface area is 142 Å². The van der Waals surface area contributed by atoms with E-state index in [0.29, 0.717) is 18.4 Å². The lowest BCUT2D eigenvalue weighted by atomic mass is 9.48. The van der Waals surface area contributed by atoms with Crippen molar-refractivity contribution in [3.63, 3.8) is 0 Å². The van der Waals surface area contributed by atoms with Crippen molar-refractivity contribution in [2.45, 2.75) is 77.2 Å². The molecule has 4 aliphatic carbocycles. The third-order valence-corrected chi connectivity index (χ3v) is 7.52. The maximum atomic E-state index is 16.6. The molecule has 0 aromatic carbocycles. The normalized spacial score (nSPS) is 47.0. The topological polar surface area (TPSA) is 57.5 Å². The number of aliphatic hydroxyl groups excluding tert-OH is 2. The number of halogens is 1. The highest BCUT2D eigenvalue weighted by molar-refractivity contribution is 5.92. The van der Waals surface area contributed by atoms with Gasteiger partial charge in [0.25, 0.3) is 0 Å². The van der Waals surface area contributed by atoms with Gasteiger partial charge in [0, 0.05) is 17.8 Å². The van der Waals surface area contributed by atoms with Crippen LogP contribution in [0.25, 0.3) is 0 Å². The van der Waals surface area contributed by atoms with Crippen molar-refractivity contribution in [1.82, 2.24) is 0 Å². The monoisotopic (exact) mass is 334 g/mol. The summed E-state index contributed by atoms with van der Waals surface area (Å²) in [6.45, 7) is 6.13. The molecule has 4 rings (SSSR count). The van der Waals surface area contributed by atoms with Gasteiger partial charge in [-0.15, -0.1) is 0 Å². The molecule has 24 heavy (non-hydrogen) atoms. The van der Waals surface area contributed by atoms with Gasteiger partial charge in [-0.3, -0.25) is 4.79 Å². The van der Waals surface area contributed by atoms with Gasteiger partial charge in [0.1, 0.15) is 0 Å². The molecule has 5 atom stereocenters. The zero-order valence-electron chi connectivity index (χ0n) is 14.7. The van der Waals surface area contributed by atoms with Crippen LogP contribution in [0, 0.1) is 16.7 Å². The number of rotatable bonds is 0. The summed E-state index contributed by atoms with van der Waals surface area (Å²) in [5, 5.41) is 21.6. The molecule has 0 spiro atoms. The summed E-state index contributed by atoms with van der Waals surface area (Å²) >= 11 is 0. The first kappa shape index (κ1) is 16.5. The third-order valence-electron chi connectivity index (χ3n) is 7.52. The standard InChI is InChI=1S/C20H27FO3/c1-18(2)6-5-12-13(18)10-17(24)20(21)14(12)9-16(23)15-8-11(22)4-7-19(15,20)3/h8,14,16-17,23-24H,4-7,9-10H2,1-3H3/t14?,16?,17?,19?,20-/m0/s1. The van der Waals surface area contributed by atoms with E-state index in [2.05, 4.69) is 13.8 Å². The molecule has 2 N–H and O–H groups in total. The average Bonchev–Trinajstić information content (AvgIpc) is 2.80. The van der Waals surface area contributed by atoms with E-state index in [1.165, 1.54) is 11.6 Å². The van der Waals surface area contributed by atoms with E-state index in [9.17, 15) is 15.0 Å². The summed E-state index contributed by atoms with van der Waals surface area (Å²) in [6, 6.07) is 0. The molecule has 0 bridgehead atoms. The highest BCUT2D eigenvalue weighted by atomic mass is 19.1. The molecular formula is C20H27FO3. The van der Waals surface area contributed by atoms with Gasteiger partial charge in [-0.05, 0) is 49.2 Å². The van der Waals surface area contributed by atoms with Gasteiger partial charge in [-0.2, -0.15) is 0 Å². The molecule has 0 amide bonds. The minimum atomic E-state index is -1.79. The van der Waals surface area contributed by atoms with E-state index in [0.717, 1.165) is 18.4 Å². The molecule has 0 saturated heterocycles. The fourth-order valence-corrected chi connectivity index (χ4v) is 6.02. The van der Waals surface area contributed by atoms with Gasteiger partial charge < -0.3 is 10.2 Å². The average molecular weight is 334 g/mol. The Morgan fingerprint density at radius 3 is 2.58 bits per heavy atom. The Morgan fingerprint density at radius 1 is 1.17 bits per heavy atom. The highest BCUT2D eigenvalue weighted by Gasteiger charge is 2.67. The minimum Gasteiger partial charge on any atom is -0.389 e. The van der Waals surface area contributed by atoms with Crippen molar-refractivity contribution in [3.05, 3.63) is 22.8 Å². The molecule has 1 fully saturated rings. The van der Waals surface area contributed by atoms with E-state index in [-0.39, 0.29) is 24.0 Å².